The quantitative estimate of drug-likeness (QED) is 0.733. The number of aryl methyl sites for hydroxylation is 1. The lowest BCUT2D eigenvalue weighted by Crippen LogP contribution is -2.14. The molecule has 0 saturated heterocycles. The Morgan fingerprint density at radius 2 is 2.14 bits per heavy atom. The zero-order valence-corrected chi connectivity index (χ0v) is 8.80. The van der Waals surface area contributed by atoms with Crippen molar-refractivity contribution in [2.24, 2.45) is 0 Å². The Hall–Kier alpha value is -0.930. The van der Waals surface area contributed by atoms with Crippen molar-refractivity contribution in [1.82, 2.24) is 9.78 Å². The molecule has 0 N–H and O–H groups in total. The highest BCUT2D eigenvalue weighted by molar-refractivity contribution is 5.03. The minimum atomic E-state index is -2.61. The van der Waals surface area contributed by atoms with Gasteiger partial charge in [-0.2, -0.15) is 5.10 Å². The van der Waals surface area contributed by atoms with Gasteiger partial charge in [-0.05, 0) is 18.9 Å². The van der Waals surface area contributed by atoms with Crippen LogP contribution in [0, 0.1) is 0 Å². The van der Waals surface area contributed by atoms with Crippen LogP contribution in [0.5, 0.6) is 0 Å². The molecule has 0 bridgehead atoms. The fourth-order valence-corrected chi connectivity index (χ4v) is 1.12. The Bertz CT molecular complexity index is 287. The number of aromatic nitrogens is 2. The van der Waals surface area contributed by atoms with Crippen molar-refractivity contribution < 1.29 is 8.78 Å². The Morgan fingerprint density at radius 3 is 2.57 bits per heavy atom. The van der Waals surface area contributed by atoms with E-state index in [1.165, 1.54) is 0 Å². The van der Waals surface area contributed by atoms with Crippen molar-refractivity contribution in [1.29, 1.82) is 0 Å². The van der Waals surface area contributed by atoms with Gasteiger partial charge in [0.05, 0.1) is 5.69 Å². The van der Waals surface area contributed by atoms with Crippen LogP contribution < -0.4 is 0 Å². The van der Waals surface area contributed by atoms with Crippen molar-refractivity contribution in [3.8, 4) is 0 Å². The van der Waals surface area contributed by atoms with Gasteiger partial charge in [-0.15, -0.1) is 0 Å². The summed E-state index contributed by atoms with van der Waals surface area (Å²) >= 11 is 0. The van der Waals surface area contributed by atoms with E-state index in [0.29, 0.717) is 5.92 Å². The second-order valence-electron chi connectivity index (χ2n) is 3.98. The van der Waals surface area contributed by atoms with Gasteiger partial charge in [0.15, 0.2) is 0 Å². The molecule has 0 fully saturated rings. The third-order valence-electron chi connectivity index (χ3n) is 2.03. The maximum Gasteiger partial charge on any atom is 0.247 e. The van der Waals surface area contributed by atoms with Crippen LogP contribution >= 0.6 is 0 Å². The van der Waals surface area contributed by atoms with Gasteiger partial charge < -0.3 is 0 Å². The average Bonchev–Trinajstić information content (AvgIpc) is 2.47. The second-order valence-corrected chi connectivity index (χ2v) is 3.98. The average molecular weight is 202 g/mol. The van der Waals surface area contributed by atoms with E-state index >= 15 is 0 Å². The van der Waals surface area contributed by atoms with E-state index in [0.717, 1.165) is 12.6 Å². The van der Waals surface area contributed by atoms with Crippen LogP contribution in [0.4, 0.5) is 8.78 Å². The summed E-state index contributed by atoms with van der Waals surface area (Å²) in [5, 5.41) is 4.20. The highest BCUT2D eigenvalue weighted by Crippen LogP contribution is 2.18. The van der Waals surface area contributed by atoms with E-state index in [4.69, 9.17) is 0 Å². The summed E-state index contributed by atoms with van der Waals surface area (Å²) in [6.07, 6.45) is 1.59. The molecule has 0 unspecified atom stereocenters. The fraction of sp³-hybridized carbons (Fsp3) is 0.700. The fourth-order valence-electron chi connectivity index (χ4n) is 1.12. The van der Waals surface area contributed by atoms with Crippen LogP contribution in [0.25, 0.3) is 0 Å². The molecule has 0 aliphatic carbocycles. The molecule has 1 aromatic rings. The van der Waals surface area contributed by atoms with Gasteiger partial charge >= 0.3 is 0 Å². The van der Waals surface area contributed by atoms with Crippen molar-refractivity contribution >= 4 is 0 Å². The SMILES string of the molecule is CC(C)c1ccn(CCC(C)(F)F)n1. The van der Waals surface area contributed by atoms with Crippen LogP contribution in [0.3, 0.4) is 0 Å². The number of hydrogen-bond donors (Lipinski definition) is 0. The molecule has 0 saturated carbocycles. The molecule has 4 heteroatoms. The van der Waals surface area contributed by atoms with Gasteiger partial charge in [0.1, 0.15) is 0 Å². The smallest absolute Gasteiger partial charge is 0.247 e. The number of alkyl halides is 2. The zero-order chi connectivity index (χ0) is 10.8. The molecule has 1 heterocycles. The summed E-state index contributed by atoms with van der Waals surface area (Å²) in [4.78, 5) is 0. The summed E-state index contributed by atoms with van der Waals surface area (Å²) in [7, 11) is 0. The summed E-state index contributed by atoms with van der Waals surface area (Å²) in [5.41, 5.74) is 0.949. The third-order valence-corrected chi connectivity index (χ3v) is 2.03. The van der Waals surface area contributed by atoms with Gasteiger partial charge in [-0.1, -0.05) is 13.8 Å². The molecule has 0 aromatic carbocycles. The van der Waals surface area contributed by atoms with E-state index in [1.54, 1.807) is 10.9 Å². The lowest BCUT2D eigenvalue weighted by Gasteiger charge is -2.09. The predicted octanol–water partition coefficient (Wildman–Crippen LogP) is 3.05. The number of rotatable bonds is 4. The van der Waals surface area contributed by atoms with Crippen LogP contribution in [-0.2, 0) is 6.54 Å². The molecule has 0 atom stereocenters. The molecule has 0 aliphatic heterocycles. The first-order valence-electron chi connectivity index (χ1n) is 4.79. The van der Waals surface area contributed by atoms with Crippen LogP contribution in [0.1, 0.15) is 38.8 Å². The third kappa shape index (κ3) is 3.44. The molecule has 14 heavy (non-hydrogen) atoms. The van der Waals surface area contributed by atoms with Gasteiger partial charge in [0.2, 0.25) is 5.92 Å². The van der Waals surface area contributed by atoms with Gasteiger partial charge in [-0.25, -0.2) is 8.78 Å². The highest BCUT2D eigenvalue weighted by Gasteiger charge is 2.20. The molecule has 1 rings (SSSR count). The molecule has 0 spiro atoms. The molecule has 0 aliphatic rings. The molecular formula is C10H16F2N2. The van der Waals surface area contributed by atoms with Crippen LogP contribution in [-0.4, -0.2) is 15.7 Å². The molecule has 0 radical (unpaired) electrons. The topological polar surface area (TPSA) is 17.8 Å². The summed E-state index contributed by atoms with van der Waals surface area (Å²) < 4.78 is 26.6. The first kappa shape index (κ1) is 11.1. The van der Waals surface area contributed by atoms with Crippen molar-refractivity contribution in [3.63, 3.8) is 0 Å². The number of halogens is 2. The van der Waals surface area contributed by atoms with Gasteiger partial charge in [-0.3, -0.25) is 4.68 Å². The second kappa shape index (κ2) is 4.07. The summed E-state index contributed by atoms with van der Waals surface area (Å²) in [6.45, 7) is 5.26. The Morgan fingerprint density at radius 1 is 1.50 bits per heavy atom. The van der Waals surface area contributed by atoms with E-state index < -0.39 is 5.92 Å². The van der Waals surface area contributed by atoms with Gasteiger partial charge in [0, 0.05) is 19.2 Å². The molecule has 2 nitrogen and oxygen atoms in total. The molecule has 1 aromatic heterocycles. The normalized spacial score (nSPS) is 12.4. The molecule has 0 amide bonds. The monoisotopic (exact) mass is 202 g/mol. The van der Waals surface area contributed by atoms with E-state index in [1.807, 2.05) is 19.9 Å². The minimum absolute atomic E-state index is 0.161. The molecular weight excluding hydrogens is 186 g/mol. The number of hydrogen-bond acceptors (Lipinski definition) is 1. The largest absolute Gasteiger partial charge is 0.272 e. The minimum Gasteiger partial charge on any atom is -0.272 e. The zero-order valence-electron chi connectivity index (χ0n) is 8.80. The maximum atomic E-state index is 12.5. The Balaban J connectivity index is 2.52. The first-order valence-corrected chi connectivity index (χ1v) is 4.79. The first-order chi connectivity index (χ1) is 6.38. The highest BCUT2D eigenvalue weighted by atomic mass is 19.3. The lowest BCUT2D eigenvalue weighted by molar-refractivity contribution is 0.00776. The van der Waals surface area contributed by atoms with Crippen LogP contribution in [0.2, 0.25) is 0 Å². The Labute approximate surface area is 82.9 Å². The van der Waals surface area contributed by atoms with Crippen molar-refractivity contribution in [3.05, 3.63) is 18.0 Å². The lowest BCUT2D eigenvalue weighted by atomic mass is 10.1. The Kier molecular flexibility index (Phi) is 3.24. The number of nitrogens with zero attached hydrogens (tertiary/aromatic N) is 2. The maximum absolute atomic E-state index is 12.5. The van der Waals surface area contributed by atoms with E-state index in [9.17, 15) is 8.78 Å². The van der Waals surface area contributed by atoms with Crippen LogP contribution in [0.15, 0.2) is 12.3 Å². The predicted molar refractivity (Wildman–Crippen MR) is 51.6 cm³/mol. The van der Waals surface area contributed by atoms with Crippen molar-refractivity contribution in [2.75, 3.05) is 0 Å². The molecule has 80 valence electrons. The van der Waals surface area contributed by atoms with Crippen molar-refractivity contribution in [2.45, 2.75) is 45.6 Å². The summed E-state index contributed by atoms with van der Waals surface area (Å²) in [5.74, 6) is -2.26. The van der Waals surface area contributed by atoms with E-state index in [-0.39, 0.29) is 13.0 Å². The summed E-state index contributed by atoms with van der Waals surface area (Å²) in [6, 6.07) is 1.87. The van der Waals surface area contributed by atoms with Gasteiger partial charge in [0.25, 0.3) is 0 Å². The van der Waals surface area contributed by atoms with E-state index in [2.05, 4.69) is 5.10 Å². The standard InChI is InChI=1S/C10H16F2N2/c1-8(2)9-4-6-14(13-9)7-5-10(3,11)12/h4,6,8H,5,7H2,1-3H3.